The summed E-state index contributed by atoms with van der Waals surface area (Å²) in [7, 11) is 1.28. The van der Waals surface area contributed by atoms with Gasteiger partial charge in [-0.1, -0.05) is 20.3 Å². The molecule has 6 nitrogen and oxygen atoms in total. The minimum atomic E-state index is -0.508. The van der Waals surface area contributed by atoms with E-state index in [0.29, 0.717) is 11.3 Å². The number of nitrogens with one attached hydrogen (secondary N) is 1. The Morgan fingerprint density at radius 2 is 2.15 bits per heavy atom. The zero-order valence-electron chi connectivity index (χ0n) is 12.0. The van der Waals surface area contributed by atoms with Crippen molar-refractivity contribution in [2.45, 2.75) is 39.2 Å². The average Bonchev–Trinajstić information content (AvgIpc) is 2.45. The van der Waals surface area contributed by atoms with E-state index < -0.39 is 10.9 Å². The summed E-state index contributed by atoms with van der Waals surface area (Å²) in [6.45, 7) is 4.08. The maximum atomic E-state index is 11.5. The van der Waals surface area contributed by atoms with Gasteiger partial charge in [0.15, 0.2) is 0 Å². The van der Waals surface area contributed by atoms with Gasteiger partial charge in [0.2, 0.25) is 0 Å². The van der Waals surface area contributed by atoms with Crippen LogP contribution >= 0.6 is 0 Å². The van der Waals surface area contributed by atoms with E-state index in [-0.39, 0.29) is 11.7 Å². The molecule has 1 atom stereocenters. The summed E-state index contributed by atoms with van der Waals surface area (Å²) in [5.74, 6) is -0.508. The number of ether oxygens (including phenoxy) is 1. The minimum absolute atomic E-state index is 0.0350. The molecular formula is C14H20N2O4. The molecule has 0 aliphatic rings. The van der Waals surface area contributed by atoms with Gasteiger partial charge in [0.25, 0.3) is 5.69 Å². The van der Waals surface area contributed by atoms with Gasteiger partial charge in [-0.05, 0) is 25.0 Å². The average molecular weight is 280 g/mol. The van der Waals surface area contributed by atoms with E-state index in [4.69, 9.17) is 0 Å². The summed E-state index contributed by atoms with van der Waals surface area (Å²) < 4.78 is 4.63. The van der Waals surface area contributed by atoms with E-state index in [0.717, 1.165) is 19.3 Å². The highest BCUT2D eigenvalue weighted by molar-refractivity contribution is 5.91. The molecule has 0 amide bonds. The molecule has 0 aliphatic carbocycles. The van der Waals surface area contributed by atoms with Crippen LogP contribution in [0.4, 0.5) is 11.4 Å². The number of methoxy groups -OCH3 is 1. The third-order valence-corrected chi connectivity index (χ3v) is 3.10. The van der Waals surface area contributed by atoms with Gasteiger partial charge in [0.05, 0.1) is 17.6 Å². The van der Waals surface area contributed by atoms with Crippen LogP contribution in [0, 0.1) is 10.1 Å². The van der Waals surface area contributed by atoms with Crippen LogP contribution in [0.3, 0.4) is 0 Å². The number of esters is 1. The predicted octanol–water partition coefficient (Wildman–Crippen LogP) is 3.37. The molecule has 1 aromatic carbocycles. The molecule has 1 aromatic rings. The SMILES string of the molecule is CCCC(CC)Nc1cc(C(=O)OC)ccc1[N+](=O)[O-]. The highest BCUT2D eigenvalue weighted by Gasteiger charge is 2.19. The fraction of sp³-hybridized carbons (Fsp3) is 0.500. The first-order chi connectivity index (χ1) is 9.53. The van der Waals surface area contributed by atoms with Crippen molar-refractivity contribution in [1.82, 2.24) is 0 Å². The quantitative estimate of drug-likeness (QED) is 0.470. The van der Waals surface area contributed by atoms with Crippen molar-refractivity contribution in [3.8, 4) is 0 Å². The number of carbonyl (C=O) groups excluding carboxylic acids is 1. The number of anilines is 1. The van der Waals surface area contributed by atoms with Crippen molar-refractivity contribution in [2.75, 3.05) is 12.4 Å². The van der Waals surface area contributed by atoms with E-state index in [1.54, 1.807) is 0 Å². The summed E-state index contributed by atoms with van der Waals surface area (Å²) in [5, 5.41) is 14.2. The van der Waals surface area contributed by atoms with Gasteiger partial charge in [0, 0.05) is 12.1 Å². The lowest BCUT2D eigenvalue weighted by molar-refractivity contribution is -0.384. The molecule has 0 fully saturated rings. The molecule has 1 rings (SSSR count). The van der Waals surface area contributed by atoms with Crippen molar-refractivity contribution >= 4 is 17.3 Å². The lowest BCUT2D eigenvalue weighted by atomic mass is 10.1. The third kappa shape index (κ3) is 3.94. The summed E-state index contributed by atoms with van der Waals surface area (Å²) in [6, 6.07) is 4.34. The Hall–Kier alpha value is -2.11. The van der Waals surface area contributed by atoms with Crippen molar-refractivity contribution < 1.29 is 14.5 Å². The maximum Gasteiger partial charge on any atom is 0.337 e. The van der Waals surface area contributed by atoms with Crippen LogP contribution in [0.2, 0.25) is 0 Å². The molecule has 0 aliphatic heterocycles. The highest BCUT2D eigenvalue weighted by Crippen LogP contribution is 2.27. The topological polar surface area (TPSA) is 81.5 Å². The zero-order chi connectivity index (χ0) is 15.1. The molecule has 0 radical (unpaired) electrons. The Labute approximate surface area is 118 Å². The number of nitro groups is 1. The minimum Gasteiger partial charge on any atom is -0.465 e. The molecule has 20 heavy (non-hydrogen) atoms. The van der Waals surface area contributed by atoms with Gasteiger partial charge < -0.3 is 10.1 Å². The normalized spacial score (nSPS) is 11.8. The van der Waals surface area contributed by atoms with Crippen LogP contribution in [0.15, 0.2) is 18.2 Å². The Kier molecular flexibility index (Phi) is 5.96. The number of nitrogens with zero attached hydrogens (tertiary/aromatic N) is 1. The molecule has 0 saturated carbocycles. The van der Waals surface area contributed by atoms with Crippen LogP contribution in [0.1, 0.15) is 43.5 Å². The summed E-state index contributed by atoms with van der Waals surface area (Å²) in [5.41, 5.74) is 0.623. The van der Waals surface area contributed by atoms with Crippen LogP contribution in [0.5, 0.6) is 0 Å². The molecule has 6 heteroatoms. The van der Waals surface area contributed by atoms with E-state index >= 15 is 0 Å². The Morgan fingerprint density at radius 1 is 1.45 bits per heavy atom. The molecule has 0 aromatic heterocycles. The Balaban J connectivity index is 3.11. The van der Waals surface area contributed by atoms with Crippen molar-refractivity contribution in [3.05, 3.63) is 33.9 Å². The number of rotatable bonds is 7. The summed E-state index contributed by atoms with van der Waals surface area (Å²) in [4.78, 5) is 22.1. The molecule has 1 N–H and O–H groups in total. The molecule has 0 heterocycles. The smallest absolute Gasteiger partial charge is 0.337 e. The monoisotopic (exact) mass is 280 g/mol. The van der Waals surface area contributed by atoms with E-state index in [1.165, 1.54) is 25.3 Å². The van der Waals surface area contributed by atoms with Gasteiger partial charge in [-0.2, -0.15) is 0 Å². The van der Waals surface area contributed by atoms with Crippen LogP contribution in [0.25, 0.3) is 0 Å². The van der Waals surface area contributed by atoms with Gasteiger partial charge in [-0.3, -0.25) is 10.1 Å². The fourth-order valence-electron chi connectivity index (χ4n) is 2.00. The number of benzene rings is 1. The van der Waals surface area contributed by atoms with Crippen LogP contribution < -0.4 is 5.32 Å². The second-order valence-corrected chi connectivity index (χ2v) is 4.52. The predicted molar refractivity (Wildman–Crippen MR) is 77.0 cm³/mol. The first-order valence-electron chi connectivity index (χ1n) is 6.66. The highest BCUT2D eigenvalue weighted by atomic mass is 16.6. The number of hydrogen-bond donors (Lipinski definition) is 1. The summed E-state index contributed by atoms with van der Waals surface area (Å²) >= 11 is 0. The largest absolute Gasteiger partial charge is 0.465 e. The molecule has 0 saturated heterocycles. The lowest BCUT2D eigenvalue weighted by Gasteiger charge is -2.17. The van der Waals surface area contributed by atoms with E-state index in [2.05, 4.69) is 17.0 Å². The zero-order valence-corrected chi connectivity index (χ0v) is 12.0. The van der Waals surface area contributed by atoms with Gasteiger partial charge in [0.1, 0.15) is 5.69 Å². The lowest BCUT2D eigenvalue weighted by Crippen LogP contribution is -2.19. The second-order valence-electron chi connectivity index (χ2n) is 4.52. The standard InChI is InChI=1S/C14H20N2O4/c1-4-6-11(5-2)15-12-9-10(14(17)20-3)7-8-13(12)16(18)19/h7-9,11,15H,4-6H2,1-3H3. The molecule has 0 bridgehead atoms. The summed E-state index contributed by atoms with van der Waals surface area (Å²) in [6.07, 6.45) is 2.75. The first-order valence-corrected chi connectivity index (χ1v) is 6.66. The van der Waals surface area contributed by atoms with Gasteiger partial charge in [-0.15, -0.1) is 0 Å². The molecule has 0 spiro atoms. The van der Waals surface area contributed by atoms with Gasteiger partial charge in [-0.25, -0.2) is 4.79 Å². The third-order valence-electron chi connectivity index (χ3n) is 3.10. The fourth-order valence-corrected chi connectivity index (χ4v) is 2.00. The van der Waals surface area contributed by atoms with E-state index in [1.807, 2.05) is 6.92 Å². The number of carbonyl (C=O) groups is 1. The first kappa shape index (κ1) is 15.9. The Morgan fingerprint density at radius 3 is 2.65 bits per heavy atom. The molecule has 110 valence electrons. The van der Waals surface area contributed by atoms with Gasteiger partial charge >= 0.3 is 5.97 Å². The molecule has 1 unspecified atom stereocenters. The van der Waals surface area contributed by atoms with Crippen molar-refractivity contribution in [3.63, 3.8) is 0 Å². The van der Waals surface area contributed by atoms with Crippen LogP contribution in [-0.4, -0.2) is 24.0 Å². The van der Waals surface area contributed by atoms with Crippen molar-refractivity contribution in [2.24, 2.45) is 0 Å². The molecular weight excluding hydrogens is 260 g/mol. The number of nitro benzene ring substituents is 1. The number of hydrogen-bond acceptors (Lipinski definition) is 5. The second kappa shape index (κ2) is 7.47. The maximum absolute atomic E-state index is 11.5. The van der Waals surface area contributed by atoms with E-state index in [9.17, 15) is 14.9 Å². The Bertz CT molecular complexity index is 488. The van der Waals surface area contributed by atoms with Crippen LogP contribution in [-0.2, 0) is 4.74 Å². The van der Waals surface area contributed by atoms with Crippen molar-refractivity contribution in [1.29, 1.82) is 0 Å².